The number of carbonyl (C=O) groups is 1. The Morgan fingerprint density at radius 1 is 1.12 bits per heavy atom. The molecule has 7 N–H and O–H groups in total. The molecule has 1 amide bonds. The summed E-state index contributed by atoms with van der Waals surface area (Å²) in [5.74, 6) is 11.4. The van der Waals surface area contributed by atoms with Crippen LogP contribution in [0.15, 0.2) is 72.2 Å². The van der Waals surface area contributed by atoms with Gasteiger partial charge in [0.05, 0.1) is 23.6 Å². The van der Waals surface area contributed by atoms with Crippen LogP contribution < -0.4 is 32.5 Å². The molecule has 0 heterocycles. The lowest BCUT2D eigenvalue weighted by Crippen LogP contribution is -2.29. The monoisotopic (exact) mass is 561 g/mol. The summed E-state index contributed by atoms with van der Waals surface area (Å²) < 4.78 is 46.2. The highest BCUT2D eigenvalue weighted by atomic mass is 19.4. The molecule has 0 aliphatic rings. The predicted octanol–water partition coefficient (Wildman–Crippen LogP) is 4.34. The lowest BCUT2D eigenvalue weighted by molar-refractivity contribution is -0.137. The van der Waals surface area contributed by atoms with Crippen molar-refractivity contribution in [3.8, 4) is 5.75 Å². The van der Waals surface area contributed by atoms with Gasteiger partial charge in [-0.2, -0.15) is 13.2 Å². The number of anilines is 2. The molecule has 40 heavy (non-hydrogen) atoms. The average molecular weight is 562 g/mol. The van der Waals surface area contributed by atoms with Crippen LogP contribution in [0.2, 0.25) is 0 Å². The number of nitrogens with one attached hydrogen (secondary N) is 1. The number of alkyl halides is 3. The number of hydrogen-bond acceptors (Lipinski definition) is 8. The van der Waals surface area contributed by atoms with Crippen molar-refractivity contribution in [3.63, 3.8) is 0 Å². The van der Waals surface area contributed by atoms with E-state index in [4.69, 9.17) is 22.2 Å². The Morgan fingerprint density at radius 3 is 2.38 bits per heavy atom. The summed E-state index contributed by atoms with van der Waals surface area (Å²) in [5, 5.41) is 5.17. The zero-order chi connectivity index (χ0) is 30.2. The van der Waals surface area contributed by atoms with Crippen molar-refractivity contribution < 1.29 is 22.7 Å². The van der Waals surface area contributed by atoms with Crippen molar-refractivity contribution in [2.75, 3.05) is 44.6 Å². The number of nitrogens with two attached hydrogens (primary N) is 3. The first-order chi connectivity index (χ1) is 18.6. The Kier molecular flexibility index (Phi) is 11.2. The van der Waals surface area contributed by atoms with Gasteiger partial charge in [0.15, 0.2) is 0 Å². The van der Waals surface area contributed by atoms with E-state index in [1.165, 1.54) is 28.4 Å². The Bertz CT molecular complexity index is 1270. The lowest BCUT2D eigenvalue weighted by atomic mass is 10.1. The van der Waals surface area contributed by atoms with E-state index in [9.17, 15) is 18.0 Å². The highest BCUT2D eigenvalue weighted by Crippen LogP contribution is 2.34. The number of aryl methyl sites for hydroxylation is 1. The van der Waals surface area contributed by atoms with Crippen molar-refractivity contribution >= 4 is 17.3 Å². The molecule has 0 aliphatic heterocycles. The van der Waals surface area contributed by atoms with Crippen molar-refractivity contribution in [2.24, 2.45) is 17.4 Å². The van der Waals surface area contributed by atoms with Gasteiger partial charge in [-0.05, 0) is 64.2 Å². The van der Waals surface area contributed by atoms with Gasteiger partial charge >= 0.3 is 6.18 Å². The molecule has 0 spiro atoms. The molecule has 0 aliphatic carbocycles. The molecular weight excluding hydrogens is 523 g/mol. The molecule has 2 rings (SSSR count). The van der Waals surface area contributed by atoms with E-state index < -0.39 is 17.6 Å². The largest absolute Gasteiger partial charge is 0.493 e. The van der Waals surface area contributed by atoms with Crippen LogP contribution in [0.25, 0.3) is 0 Å². The van der Waals surface area contributed by atoms with Gasteiger partial charge < -0.3 is 25.7 Å². The third-order valence-corrected chi connectivity index (χ3v) is 5.97. The topological polar surface area (TPSA) is 126 Å². The fourth-order valence-electron chi connectivity index (χ4n) is 3.67. The summed E-state index contributed by atoms with van der Waals surface area (Å²) in [4.78, 5) is 15.0. The molecule has 218 valence electrons. The number of amides is 1. The number of ether oxygens (including phenoxy) is 1. The highest BCUT2D eigenvalue weighted by Gasteiger charge is 2.31. The van der Waals surface area contributed by atoms with Gasteiger partial charge in [-0.15, -0.1) is 0 Å². The maximum atomic E-state index is 13.5. The minimum Gasteiger partial charge on any atom is -0.493 e. The number of benzene rings is 2. The summed E-state index contributed by atoms with van der Waals surface area (Å²) in [6.45, 7) is 8.25. The zero-order valence-corrected chi connectivity index (χ0v) is 23.5. The number of allylic oxidation sites excluding steroid dienone is 2. The number of carbonyl (C=O) groups excluding carboxylic acids is 1. The molecule has 0 unspecified atom stereocenters. The fourth-order valence-corrected chi connectivity index (χ4v) is 3.67. The van der Waals surface area contributed by atoms with Gasteiger partial charge in [0.1, 0.15) is 5.75 Å². The number of hydrogen-bond donors (Lipinski definition) is 4. The number of hydrazine groups is 2. The van der Waals surface area contributed by atoms with E-state index in [2.05, 4.69) is 11.9 Å². The van der Waals surface area contributed by atoms with Crippen molar-refractivity contribution in [3.05, 3.63) is 88.9 Å². The second-order valence-corrected chi connectivity index (χ2v) is 9.51. The quantitative estimate of drug-likeness (QED) is 0.131. The van der Waals surface area contributed by atoms with E-state index in [-0.39, 0.29) is 29.3 Å². The van der Waals surface area contributed by atoms with Crippen LogP contribution in [-0.2, 0) is 6.18 Å². The number of rotatable bonds is 12. The zero-order valence-electron chi connectivity index (χ0n) is 23.5. The maximum Gasteiger partial charge on any atom is 0.416 e. The van der Waals surface area contributed by atoms with Crippen LogP contribution >= 0.6 is 0 Å². The van der Waals surface area contributed by atoms with Crippen molar-refractivity contribution in [1.82, 2.24) is 9.91 Å². The molecule has 12 heteroatoms. The fraction of sp³-hybridized carbons (Fsp3) is 0.321. The van der Waals surface area contributed by atoms with Gasteiger partial charge in [-0.25, -0.2) is 11.7 Å². The minimum absolute atomic E-state index is 0.00622. The molecule has 0 aromatic heterocycles. The minimum atomic E-state index is -4.62. The van der Waals surface area contributed by atoms with Crippen LogP contribution in [0.4, 0.5) is 24.5 Å². The Morgan fingerprint density at radius 2 is 1.80 bits per heavy atom. The third-order valence-electron chi connectivity index (χ3n) is 5.97. The average Bonchev–Trinajstić information content (AvgIpc) is 2.86. The van der Waals surface area contributed by atoms with Crippen LogP contribution in [-0.4, -0.2) is 50.1 Å². The molecular formula is C28H38F3N7O2. The molecule has 0 fully saturated rings. The summed E-state index contributed by atoms with van der Waals surface area (Å²) in [7, 11) is 5.44. The second-order valence-electron chi connectivity index (χ2n) is 9.51. The molecule has 2 aromatic rings. The molecule has 0 radical (unpaired) electrons. The molecule has 2 aromatic carbocycles. The van der Waals surface area contributed by atoms with Gasteiger partial charge in [0, 0.05) is 48.4 Å². The summed E-state index contributed by atoms with van der Waals surface area (Å²) >= 11 is 0. The van der Waals surface area contributed by atoms with Gasteiger partial charge in [-0.3, -0.25) is 9.80 Å². The molecule has 0 bridgehead atoms. The summed E-state index contributed by atoms with van der Waals surface area (Å²) in [6, 6.07) is 7.86. The van der Waals surface area contributed by atoms with Crippen molar-refractivity contribution in [2.45, 2.75) is 26.4 Å². The van der Waals surface area contributed by atoms with Crippen LogP contribution in [0.1, 0.15) is 34.8 Å². The summed E-state index contributed by atoms with van der Waals surface area (Å²) in [6.07, 6.45) is -0.995. The first kappa shape index (κ1) is 32.2. The number of halogens is 3. The molecule has 9 nitrogen and oxygen atoms in total. The van der Waals surface area contributed by atoms with Gasteiger partial charge in [0.25, 0.3) is 5.91 Å². The Balaban J connectivity index is 2.34. The first-order valence-corrected chi connectivity index (χ1v) is 12.4. The van der Waals surface area contributed by atoms with E-state index in [0.29, 0.717) is 29.9 Å². The molecule has 0 saturated heterocycles. The Hall–Kier alpha value is -4.00. The second kappa shape index (κ2) is 13.9. The third kappa shape index (κ3) is 9.04. The SMILES string of the molecule is C=CC(/C(N)=C/N(N)c1cc(C(=O)Nc2cc(OCCCN(C)C)cc(C(F)(F)F)c2)ccc1C)=C(/C)N(C)N. The van der Waals surface area contributed by atoms with E-state index in [1.807, 2.05) is 19.0 Å². The van der Waals surface area contributed by atoms with Crippen molar-refractivity contribution in [1.29, 1.82) is 0 Å². The smallest absolute Gasteiger partial charge is 0.416 e. The van der Waals surface area contributed by atoms with Gasteiger partial charge in [-0.1, -0.05) is 18.7 Å². The molecule has 0 saturated carbocycles. The van der Waals surface area contributed by atoms with E-state index in [0.717, 1.165) is 17.7 Å². The van der Waals surface area contributed by atoms with E-state index in [1.54, 1.807) is 39.1 Å². The number of nitrogens with zero attached hydrogens (tertiary/aromatic N) is 3. The normalized spacial score (nSPS) is 12.6. The standard InChI is InChI=1S/C28H38F3N7O2/c1-7-24(19(3)37(6)33)25(32)17-38(34)26-13-20(10-9-18(26)2)27(39)35-22-14-21(28(29,30)31)15-23(16-22)40-12-8-11-36(4)5/h7,9-10,13-17H,1,8,11-12,32-34H2,2-6H3,(H,35,39)/b24-19+,25-17-. The lowest BCUT2D eigenvalue weighted by Gasteiger charge is -2.21. The first-order valence-electron chi connectivity index (χ1n) is 12.4. The summed E-state index contributed by atoms with van der Waals surface area (Å²) in [5.41, 5.74) is 8.09. The van der Waals surface area contributed by atoms with E-state index >= 15 is 0 Å². The Labute approximate surface area is 233 Å². The predicted molar refractivity (Wildman–Crippen MR) is 153 cm³/mol. The van der Waals surface area contributed by atoms with Gasteiger partial charge in [0.2, 0.25) is 0 Å². The van der Waals surface area contributed by atoms with Crippen LogP contribution in [0.5, 0.6) is 5.75 Å². The van der Waals surface area contributed by atoms with Crippen LogP contribution in [0.3, 0.4) is 0 Å². The highest BCUT2D eigenvalue weighted by molar-refractivity contribution is 6.05. The molecule has 0 atom stereocenters. The van der Waals surface area contributed by atoms with Crippen LogP contribution in [0, 0.1) is 6.92 Å². The maximum absolute atomic E-state index is 13.5.